The van der Waals surface area contributed by atoms with Gasteiger partial charge in [-0.05, 0) is 57.3 Å². The van der Waals surface area contributed by atoms with Gasteiger partial charge in [0.25, 0.3) is 5.91 Å². The third kappa shape index (κ3) is 4.67. The maximum absolute atomic E-state index is 13.1. The molecule has 3 aromatic rings. The van der Waals surface area contributed by atoms with Gasteiger partial charge in [-0.1, -0.05) is 22.7 Å². The molecule has 3 rings (SSSR count). The molecule has 1 amide bonds. The highest BCUT2D eigenvalue weighted by Crippen LogP contribution is 2.33. The first-order valence-corrected chi connectivity index (χ1v) is 9.98. The van der Waals surface area contributed by atoms with Crippen LogP contribution >= 0.6 is 35.1 Å². The zero-order valence-electron chi connectivity index (χ0n) is 16.0. The standard InChI is InChI=1S/C18H20N4O3S2.ClH/c1-11-9-13-15(10-12(11)2)27-18(19-13)21(8-7-20(3)4)17(23)14-5-6-16(26-14)22(24)25;/h5-6,9-10H,7-8H2,1-4H3;1H. The van der Waals surface area contributed by atoms with E-state index in [0.717, 1.165) is 27.1 Å². The van der Waals surface area contributed by atoms with Crippen LogP contribution in [0.1, 0.15) is 20.8 Å². The SMILES string of the molecule is Cc1cc2nc(N(CCN(C)C)C(=O)c3ccc([N+](=O)[O-])s3)sc2cc1C.Cl. The van der Waals surface area contributed by atoms with Crippen LogP contribution in [0.25, 0.3) is 10.2 Å². The molecule has 0 N–H and O–H groups in total. The molecule has 0 fully saturated rings. The number of thiophene rings is 1. The monoisotopic (exact) mass is 440 g/mol. The number of likely N-dealkylation sites (N-methyl/N-ethyl adjacent to an activating group) is 1. The first-order chi connectivity index (χ1) is 12.8. The summed E-state index contributed by atoms with van der Waals surface area (Å²) < 4.78 is 1.02. The van der Waals surface area contributed by atoms with Crippen LogP contribution < -0.4 is 4.90 Å². The van der Waals surface area contributed by atoms with Crippen molar-refractivity contribution in [1.29, 1.82) is 0 Å². The Kier molecular flexibility index (Phi) is 7.11. The highest BCUT2D eigenvalue weighted by molar-refractivity contribution is 7.22. The average molecular weight is 441 g/mol. The molecular weight excluding hydrogens is 420 g/mol. The molecule has 0 aliphatic carbocycles. The number of rotatable bonds is 6. The van der Waals surface area contributed by atoms with Crippen LogP contribution in [-0.2, 0) is 0 Å². The molecule has 0 unspecified atom stereocenters. The number of hydrogen-bond donors (Lipinski definition) is 0. The third-order valence-corrected chi connectivity index (χ3v) is 6.29. The minimum atomic E-state index is -0.477. The summed E-state index contributed by atoms with van der Waals surface area (Å²) in [6.07, 6.45) is 0. The maximum Gasteiger partial charge on any atom is 0.324 e. The number of anilines is 1. The van der Waals surface area contributed by atoms with Crippen molar-refractivity contribution in [3.8, 4) is 0 Å². The van der Waals surface area contributed by atoms with Gasteiger partial charge in [0.1, 0.15) is 0 Å². The number of thiazole rings is 1. The number of carbonyl (C=O) groups is 1. The number of aromatic nitrogens is 1. The van der Waals surface area contributed by atoms with E-state index in [0.29, 0.717) is 23.1 Å². The zero-order chi connectivity index (χ0) is 19.7. The van der Waals surface area contributed by atoms with Gasteiger partial charge in [-0.2, -0.15) is 0 Å². The molecule has 2 aromatic heterocycles. The van der Waals surface area contributed by atoms with Gasteiger partial charge in [0.05, 0.1) is 20.0 Å². The quantitative estimate of drug-likeness (QED) is 0.416. The van der Waals surface area contributed by atoms with Gasteiger partial charge in [-0.15, -0.1) is 12.4 Å². The normalized spacial score (nSPS) is 10.9. The predicted molar refractivity (Wildman–Crippen MR) is 118 cm³/mol. The number of fused-ring (bicyclic) bond motifs is 1. The number of nitrogens with zero attached hydrogens (tertiary/aromatic N) is 4. The Morgan fingerprint density at radius 3 is 2.43 bits per heavy atom. The second kappa shape index (κ2) is 8.95. The summed E-state index contributed by atoms with van der Waals surface area (Å²) in [4.78, 5) is 32.1. The molecule has 0 atom stereocenters. The lowest BCUT2D eigenvalue weighted by molar-refractivity contribution is -0.380. The van der Waals surface area contributed by atoms with E-state index in [2.05, 4.69) is 11.1 Å². The summed E-state index contributed by atoms with van der Waals surface area (Å²) in [6.45, 7) is 5.20. The number of amides is 1. The molecular formula is C18H21ClN4O3S2. The third-order valence-electron chi connectivity index (χ3n) is 4.22. The van der Waals surface area contributed by atoms with Crippen molar-refractivity contribution in [2.75, 3.05) is 32.1 Å². The molecule has 0 spiro atoms. The van der Waals surface area contributed by atoms with E-state index < -0.39 is 4.92 Å². The molecule has 0 radical (unpaired) electrons. The Morgan fingerprint density at radius 1 is 1.14 bits per heavy atom. The summed E-state index contributed by atoms with van der Waals surface area (Å²) in [5, 5.41) is 11.5. The van der Waals surface area contributed by atoms with E-state index in [1.807, 2.05) is 38.9 Å². The van der Waals surface area contributed by atoms with Crippen molar-refractivity contribution < 1.29 is 9.72 Å². The highest BCUT2D eigenvalue weighted by atomic mass is 35.5. The molecule has 150 valence electrons. The fraction of sp³-hybridized carbons (Fsp3) is 0.333. The van der Waals surface area contributed by atoms with Gasteiger partial charge in [-0.3, -0.25) is 19.8 Å². The van der Waals surface area contributed by atoms with Crippen LogP contribution in [0.15, 0.2) is 24.3 Å². The minimum absolute atomic E-state index is 0. The number of hydrogen-bond acceptors (Lipinski definition) is 7. The molecule has 0 aliphatic heterocycles. The Morgan fingerprint density at radius 2 is 1.82 bits per heavy atom. The van der Waals surface area contributed by atoms with E-state index >= 15 is 0 Å². The van der Waals surface area contributed by atoms with Gasteiger partial charge < -0.3 is 4.90 Å². The van der Waals surface area contributed by atoms with E-state index in [1.54, 1.807) is 4.90 Å². The molecule has 0 saturated carbocycles. The molecule has 2 heterocycles. The van der Waals surface area contributed by atoms with Crippen LogP contribution in [-0.4, -0.2) is 47.9 Å². The molecule has 0 aliphatic rings. The molecule has 28 heavy (non-hydrogen) atoms. The smallest absolute Gasteiger partial charge is 0.308 e. The lowest BCUT2D eigenvalue weighted by atomic mass is 10.1. The van der Waals surface area contributed by atoms with Crippen LogP contribution in [0.2, 0.25) is 0 Å². The summed E-state index contributed by atoms with van der Waals surface area (Å²) in [7, 11) is 3.87. The van der Waals surface area contributed by atoms with Crippen LogP contribution in [0.3, 0.4) is 0 Å². The van der Waals surface area contributed by atoms with E-state index in [9.17, 15) is 14.9 Å². The topological polar surface area (TPSA) is 79.6 Å². The predicted octanol–water partition coefficient (Wildman–Crippen LogP) is 4.51. The van der Waals surface area contributed by atoms with E-state index in [1.165, 1.54) is 29.0 Å². The second-order valence-corrected chi connectivity index (χ2v) is 8.63. The van der Waals surface area contributed by atoms with Crippen molar-refractivity contribution in [2.45, 2.75) is 13.8 Å². The Balaban J connectivity index is 0.00000280. The van der Waals surface area contributed by atoms with Crippen molar-refractivity contribution in [2.24, 2.45) is 0 Å². The number of nitro groups is 1. The summed E-state index contributed by atoms with van der Waals surface area (Å²) >= 11 is 2.35. The van der Waals surface area contributed by atoms with Crippen LogP contribution in [0.5, 0.6) is 0 Å². The first-order valence-electron chi connectivity index (χ1n) is 8.35. The minimum Gasteiger partial charge on any atom is -0.308 e. The summed E-state index contributed by atoms with van der Waals surface area (Å²) in [5.74, 6) is -0.262. The van der Waals surface area contributed by atoms with Crippen molar-refractivity contribution in [3.05, 3.63) is 50.4 Å². The van der Waals surface area contributed by atoms with Crippen LogP contribution in [0, 0.1) is 24.0 Å². The van der Waals surface area contributed by atoms with Crippen molar-refractivity contribution >= 4 is 61.3 Å². The molecule has 7 nitrogen and oxygen atoms in total. The summed E-state index contributed by atoms with van der Waals surface area (Å²) in [6, 6.07) is 6.98. The number of benzene rings is 1. The molecule has 1 aromatic carbocycles. The Hall–Kier alpha value is -2.07. The van der Waals surface area contributed by atoms with E-state index in [4.69, 9.17) is 0 Å². The number of carbonyl (C=O) groups excluding carboxylic acids is 1. The number of halogens is 1. The average Bonchev–Trinajstić information content (AvgIpc) is 3.22. The molecule has 0 saturated heterocycles. The zero-order valence-corrected chi connectivity index (χ0v) is 18.4. The van der Waals surface area contributed by atoms with Crippen LogP contribution in [0.4, 0.5) is 10.1 Å². The second-order valence-electron chi connectivity index (χ2n) is 6.56. The van der Waals surface area contributed by atoms with Gasteiger partial charge in [0, 0.05) is 19.2 Å². The molecule has 10 heteroatoms. The van der Waals surface area contributed by atoms with Gasteiger partial charge in [0.2, 0.25) is 0 Å². The van der Waals surface area contributed by atoms with E-state index in [-0.39, 0.29) is 23.3 Å². The fourth-order valence-corrected chi connectivity index (χ4v) is 4.38. The fourth-order valence-electron chi connectivity index (χ4n) is 2.54. The van der Waals surface area contributed by atoms with Gasteiger partial charge in [0.15, 0.2) is 5.13 Å². The Bertz CT molecular complexity index is 977. The Labute approximate surface area is 177 Å². The highest BCUT2D eigenvalue weighted by Gasteiger charge is 2.24. The van der Waals surface area contributed by atoms with Gasteiger partial charge >= 0.3 is 5.00 Å². The van der Waals surface area contributed by atoms with Gasteiger partial charge in [-0.25, -0.2) is 4.98 Å². The lowest BCUT2D eigenvalue weighted by Crippen LogP contribution is -2.36. The molecule has 0 bridgehead atoms. The first kappa shape index (κ1) is 22.2. The largest absolute Gasteiger partial charge is 0.324 e. The lowest BCUT2D eigenvalue weighted by Gasteiger charge is -2.21. The van der Waals surface area contributed by atoms with Crippen molar-refractivity contribution in [1.82, 2.24) is 9.88 Å². The summed E-state index contributed by atoms with van der Waals surface area (Å²) in [5.41, 5.74) is 3.19. The maximum atomic E-state index is 13.1. The number of aryl methyl sites for hydroxylation is 2. The van der Waals surface area contributed by atoms with Crippen molar-refractivity contribution in [3.63, 3.8) is 0 Å².